The molecule has 1 atom stereocenters. The minimum absolute atomic E-state index is 0.191. The number of rotatable bonds is 7. The molecular formula is C23H24Cl2N2O4. The van der Waals surface area contributed by atoms with Gasteiger partial charge in [-0.05, 0) is 36.6 Å². The molecule has 8 heteroatoms. The average molecular weight is 463 g/mol. The standard InChI is InChI=1S/C23H24Cl2N2O4/c1-13(2)11-31-22(28)20-14(3)26-23(29)27-21(20)16-6-4-5-7-19(16)30-12-15-8-9-17(24)18(25)10-15/h4-10,13,21H,11-12H2,1-3H3,(H2,26,27,29). The normalized spacial score (nSPS) is 16.1. The molecular weight excluding hydrogens is 439 g/mol. The molecule has 0 aromatic heterocycles. The maximum atomic E-state index is 12.8. The van der Waals surface area contributed by atoms with Crippen LogP contribution in [0.3, 0.4) is 0 Å². The number of nitrogens with one attached hydrogen (secondary N) is 2. The zero-order valence-electron chi connectivity index (χ0n) is 17.5. The van der Waals surface area contributed by atoms with E-state index in [-0.39, 0.29) is 19.1 Å². The van der Waals surface area contributed by atoms with Crippen molar-refractivity contribution in [1.82, 2.24) is 10.6 Å². The summed E-state index contributed by atoms with van der Waals surface area (Å²) in [6.45, 7) is 6.11. The van der Waals surface area contributed by atoms with Crippen LogP contribution in [0.4, 0.5) is 4.79 Å². The zero-order valence-corrected chi connectivity index (χ0v) is 19.0. The summed E-state index contributed by atoms with van der Waals surface area (Å²) < 4.78 is 11.5. The van der Waals surface area contributed by atoms with Crippen molar-refractivity contribution < 1.29 is 19.1 Å². The zero-order chi connectivity index (χ0) is 22.5. The Balaban J connectivity index is 1.89. The number of halogens is 2. The van der Waals surface area contributed by atoms with Crippen molar-refractivity contribution in [2.45, 2.75) is 33.4 Å². The Kier molecular flexibility index (Phi) is 7.46. The number of carbonyl (C=O) groups excluding carboxylic acids is 2. The van der Waals surface area contributed by atoms with E-state index < -0.39 is 18.0 Å². The molecule has 31 heavy (non-hydrogen) atoms. The molecule has 0 saturated heterocycles. The van der Waals surface area contributed by atoms with Gasteiger partial charge < -0.3 is 20.1 Å². The van der Waals surface area contributed by atoms with Crippen molar-refractivity contribution in [3.05, 3.63) is 74.9 Å². The van der Waals surface area contributed by atoms with Crippen LogP contribution in [0, 0.1) is 5.92 Å². The van der Waals surface area contributed by atoms with Crippen LogP contribution in [0.5, 0.6) is 5.75 Å². The summed E-state index contributed by atoms with van der Waals surface area (Å²) in [6, 6.07) is 11.4. The van der Waals surface area contributed by atoms with Crippen molar-refractivity contribution in [2.75, 3.05) is 6.61 Å². The lowest BCUT2D eigenvalue weighted by Gasteiger charge is -2.29. The lowest BCUT2D eigenvalue weighted by atomic mass is 9.95. The largest absolute Gasteiger partial charge is 0.489 e. The Morgan fingerprint density at radius 1 is 1.13 bits per heavy atom. The van der Waals surface area contributed by atoms with E-state index in [0.717, 1.165) is 5.56 Å². The first-order valence-electron chi connectivity index (χ1n) is 9.87. The number of ether oxygens (including phenoxy) is 2. The quantitative estimate of drug-likeness (QED) is 0.540. The maximum absolute atomic E-state index is 12.8. The molecule has 0 fully saturated rings. The van der Waals surface area contributed by atoms with Gasteiger partial charge in [-0.25, -0.2) is 9.59 Å². The van der Waals surface area contributed by atoms with E-state index in [1.807, 2.05) is 38.1 Å². The number of hydrogen-bond donors (Lipinski definition) is 2. The second-order valence-electron chi connectivity index (χ2n) is 7.64. The first kappa shape index (κ1) is 23.0. The third kappa shape index (κ3) is 5.71. The monoisotopic (exact) mass is 462 g/mol. The van der Waals surface area contributed by atoms with E-state index in [2.05, 4.69) is 10.6 Å². The first-order chi connectivity index (χ1) is 14.8. The van der Waals surface area contributed by atoms with Gasteiger partial charge in [0.05, 0.1) is 28.3 Å². The Hall–Kier alpha value is -2.70. The number of amides is 2. The van der Waals surface area contributed by atoms with E-state index >= 15 is 0 Å². The molecule has 1 unspecified atom stereocenters. The molecule has 6 nitrogen and oxygen atoms in total. The third-order valence-electron chi connectivity index (χ3n) is 4.65. The molecule has 1 aliphatic rings. The van der Waals surface area contributed by atoms with E-state index in [9.17, 15) is 9.59 Å². The average Bonchev–Trinajstić information content (AvgIpc) is 2.72. The fourth-order valence-electron chi connectivity index (χ4n) is 3.16. The fraction of sp³-hybridized carbons (Fsp3) is 0.304. The number of carbonyl (C=O) groups is 2. The van der Waals surface area contributed by atoms with Gasteiger partial charge in [-0.1, -0.05) is 61.3 Å². The molecule has 0 saturated carbocycles. The summed E-state index contributed by atoms with van der Waals surface area (Å²) in [5.41, 5.74) is 2.27. The van der Waals surface area contributed by atoms with E-state index in [1.54, 1.807) is 25.1 Å². The molecule has 2 aromatic rings. The van der Waals surface area contributed by atoms with Gasteiger partial charge in [0.25, 0.3) is 0 Å². The van der Waals surface area contributed by atoms with Gasteiger partial charge in [-0.3, -0.25) is 0 Å². The van der Waals surface area contributed by atoms with E-state index in [4.69, 9.17) is 32.7 Å². The number of esters is 1. The molecule has 1 aliphatic heterocycles. The van der Waals surface area contributed by atoms with Gasteiger partial charge in [-0.2, -0.15) is 0 Å². The Bertz CT molecular complexity index is 1020. The predicted molar refractivity (Wildman–Crippen MR) is 120 cm³/mol. The molecule has 2 amide bonds. The van der Waals surface area contributed by atoms with Gasteiger partial charge in [0, 0.05) is 11.3 Å². The SMILES string of the molecule is CC1=C(C(=O)OCC(C)C)C(c2ccccc2OCc2ccc(Cl)c(Cl)c2)NC(=O)N1. The van der Waals surface area contributed by atoms with Gasteiger partial charge in [0.1, 0.15) is 12.4 Å². The van der Waals surface area contributed by atoms with Crippen molar-refractivity contribution in [1.29, 1.82) is 0 Å². The minimum Gasteiger partial charge on any atom is -0.489 e. The summed E-state index contributed by atoms with van der Waals surface area (Å²) in [7, 11) is 0. The summed E-state index contributed by atoms with van der Waals surface area (Å²) in [6.07, 6.45) is 0. The molecule has 0 spiro atoms. The van der Waals surface area contributed by atoms with Gasteiger partial charge in [0.15, 0.2) is 0 Å². The molecule has 0 aliphatic carbocycles. The predicted octanol–water partition coefficient (Wildman–Crippen LogP) is 5.40. The highest BCUT2D eigenvalue weighted by molar-refractivity contribution is 6.42. The van der Waals surface area contributed by atoms with Crippen LogP contribution < -0.4 is 15.4 Å². The molecule has 0 radical (unpaired) electrons. The topological polar surface area (TPSA) is 76.7 Å². The highest BCUT2D eigenvalue weighted by Crippen LogP contribution is 2.34. The van der Waals surface area contributed by atoms with Crippen LogP contribution in [0.15, 0.2) is 53.7 Å². The lowest BCUT2D eigenvalue weighted by Crippen LogP contribution is -2.45. The van der Waals surface area contributed by atoms with Gasteiger partial charge in [0.2, 0.25) is 0 Å². The minimum atomic E-state index is -0.710. The van der Waals surface area contributed by atoms with E-state index in [1.165, 1.54) is 0 Å². The third-order valence-corrected chi connectivity index (χ3v) is 5.38. The number of para-hydroxylation sites is 1. The smallest absolute Gasteiger partial charge is 0.338 e. The summed E-state index contributed by atoms with van der Waals surface area (Å²) >= 11 is 12.1. The maximum Gasteiger partial charge on any atom is 0.338 e. The second kappa shape index (κ2) is 10.1. The fourth-order valence-corrected chi connectivity index (χ4v) is 3.48. The van der Waals surface area contributed by atoms with Crippen LogP contribution in [-0.2, 0) is 16.1 Å². The Morgan fingerprint density at radius 3 is 2.58 bits per heavy atom. The van der Waals surface area contributed by atoms with Gasteiger partial charge in [-0.15, -0.1) is 0 Å². The van der Waals surface area contributed by atoms with Crippen LogP contribution in [0.25, 0.3) is 0 Å². The lowest BCUT2D eigenvalue weighted by molar-refractivity contribution is -0.140. The number of allylic oxidation sites excluding steroid dienone is 1. The van der Waals surface area contributed by atoms with E-state index in [0.29, 0.717) is 32.6 Å². The second-order valence-corrected chi connectivity index (χ2v) is 8.45. The van der Waals surface area contributed by atoms with Crippen LogP contribution in [0.2, 0.25) is 10.0 Å². The van der Waals surface area contributed by atoms with Crippen LogP contribution >= 0.6 is 23.2 Å². The van der Waals surface area contributed by atoms with Crippen molar-refractivity contribution in [3.63, 3.8) is 0 Å². The molecule has 1 heterocycles. The Labute approximate surface area is 191 Å². The molecule has 3 rings (SSSR count). The number of hydrogen-bond acceptors (Lipinski definition) is 4. The molecule has 2 aromatic carbocycles. The highest BCUT2D eigenvalue weighted by Gasteiger charge is 2.34. The van der Waals surface area contributed by atoms with Crippen LogP contribution in [-0.4, -0.2) is 18.6 Å². The first-order valence-corrected chi connectivity index (χ1v) is 10.6. The summed E-state index contributed by atoms with van der Waals surface area (Å²) in [5, 5.41) is 6.36. The van der Waals surface area contributed by atoms with Crippen molar-refractivity contribution in [2.24, 2.45) is 5.92 Å². The molecule has 2 N–H and O–H groups in total. The molecule has 164 valence electrons. The summed E-state index contributed by atoms with van der Waals surface area (Å²) in [5.74, 6) is 0.238. The number of urea groups is 1. The summed E-state index contributed by atoms with van der Waals surface area (Å²) in [4.78, 5) is 25.0. The van der Waals surface area contributed by atoms with Crippen molar-refractivity contribution >= 4 is 35.2 Å². The Morgan fingerprint density at radius 2 is 1.87 bits per heavy atom. The van der Waals surface area contributed by atoms with Crippen molar-refractivity contribution in [3.8, 4) is 5.75 Å². The number of benzene rings is 2. The highest BCUT2D eigenvalue weighted by atomic mass is 35.5. The molecule has 0 bridgehead atoms. The van der Waals surface area contributed by atoms with Crippen LogP contribution in [0.1, 0.15) is 37.9 Å². The van der Waals surface area contributed by atoms with Gasteiger partial charge >= 0.3 is 12.0 Å².